The van der Waals surface area contributed by atoms with Gasteiger partial charge in [-0.25, -0.2) is 9.97 Å². The molecule has 1 unspecified atom stereocenters. The van der Waals surface area contributed by atoms with Gasteiger partial charge in [-0.1, -0.05) is 6.92 Å². The maximum Gasteiger partial charge on any atom is 0.180 e. The molecule has 2 rings (SSSR count). The van der Waals surface area contributed by atoms with E-state index in [4.69, 9.17) is 0 Å². The van der Waals surface area contributed by atoms with Crippen molar-refractivity contribution in [1.82, 2.24) is 14.4 Å². The van der Waals surface area contributed by atoms with Gasteiger partial charge in [0.25, 0.3) is 0 Å². The number of fused-ring (bicyclic) bond motifs is 1. The average molecular weight is 235 g/mol. The first-order valence-electron chi connectivity index (χ1n) is 5.67. The Hall–Kier alpha value is -1.82. The van der Waals surface area contributed by atoms with Crippen LogP contribution in [0.15, 0.2) is 18.6 Å². The summed E-state index contributed by atoms with van der Waals surface area (Å²) < 4.78 is 1.89. The van der Waals surface area contributed by atoms with E-state index in [2.05, 4.69) is 20.6 Å². The van der Waals surface area contributed by atoms with E-state index < -0.39 is 0 Å². The molecule has 2 aromatic heterocycles. The van der Waals surface area contributed by atoms with E-state index in [9.17, 15) is 5.11 Å². The molecule has 0 aliphatic heterocycles. The third kappa shape index (κ3) is 2.31. The van der Waals surface area contributed by atoms with Crippen LogP contribution in [-0.4, -0.2) is 39.2 Å². The number of nitrogens with one attached hydrogen (secondary N) is 2. The average Bonchev–Trinajstić information content (AvgIpc) is 2.83. The summed E-state index contributed by atoms with van der Waals surface area (Å²) in [7, 11) is 1.82. The first kappa shape index (κ1) is 11.7. The molecule has 0 aliphatic carbocycles. The Bertz CT molecular complexity index is 492. The minimum absolute atomic E-state index is 0.00453. The highest BCUT2D eigenvalue weighted by atomic mass is 16.3. The van der Waals surface area contributed by atoms with Crippen molar-refractivity contribution in [3.8, 4) is 0 Å². The Kier molecular flexibility index (Phi) is 3.43. The number of aromatic nitrogens is 3. The molecule has 0 fully saturated rings. The first-order chi connectivity index (χ1) is 8.28. The van der Waals surface area contributed by atoms with Crippen LogP contribution in [-0.2, 0) is 0 Å². The van der Waals surface area contributed by atoms with E-state index in [0.29, 0.717) is 5.82 Å². The Morgan fingerprint density at radius 1 is 1.53 bits per heavy atom. The summed E-state index contributed by atoms with van der Waals surface area (Å²) in [6, 6.07) is -0.00453. The monoisotopic (exact) mass is 235 g/mol. The van der Waals surface area contributed by atoms with E-state index in [0.717, 1.165) is 17.9 Å². The first-order valence-corrected chi connectivity index (χ1v) is 5.67. The minimum Gasteiger partial charge on any atom is -0.394 e. The second kappa shape index (κ2) is 5.01. The highest BCUT2D eigenvalue weighted by Crippen LogP contribution is 2.17. The fraction of sp³-hybridized carbons (Fsp3) is 0.455. The molecule has 2 aromatic rings. The number of aliphatic hydroxyl groups is 1. The molecule has 0 saturated carbocycles. The van der Waals surface area contributed by atoms with Gasteiger partial charge >= 0.3 is 0 Å². The third-order valence-electron chi connectivity index (χ3n) is 2.68. The normalized spacial score (nSPS) is 12.6. The lowest BCUT2D eigenvalue weighted by Crippen LogP contribution is -2.23. The Balaban J connectivity index is 2.39. The largest absolute Gasteiger partial charge is 0.394 e. The molecule has 17 heavy (non-hydrogen) atoms. The number of nitrogens with zero attached hydrogens (tertiary/aromatic N) is 3. The van der Waals surface area contributed by atoms with Crippen molar-refractivity contribution < 1.29 is 5.11 Å². The van der Waals surface area contributed by atoms with Gasteiger partial charge in [-0.15, -0.1) is 0 Å². The lowest BCUT2D eigenvalue weighted by Gasteiger charge is -2.15. The molecule has 6 nitrogen and oxygen atoms in total. The van der Waals surface area contributed by atoms with Gasteiger partial charge < -0.3 is 20.1 Å². The van der Waals surface area contributed by atoms with Crippen LogP contribution < -0.4 is 10.6 Å². The lowest BCUT2D eigenvalue weighted by molar-refractivity contribution is 0.271. The van der Waals surface area contributed by atoms with Crippen molar-refractivity contribution >= 4 is 17.3 Å². The van der Waals surface area contributed by atoms with Crippen LogP contribution in [0.2, 0.25) is 0 Å². The van der Waals surface area contributed by atoms with E-state index in [1.54, 1.807) is 6.20 Å². The van der Waals surface area contributed by atoms with Crippen molar-refractivity contribution in [1.29, 1.82) is 0 Å². The van der Waals surface area contributed by atoms with E-state index in [1.165, 1.54) is 0 Å². The summed E-state index contributed by atoms with van der Waals surface area (Å²) in [4.78, 5) is 8.65. The van der Waals surface area contributed by atoms with Crippen LogP contribution in [0.4, 0.5) is 11.6 Å². The summed E-state index contributed by atoms with van der Waals surface area (Å²) >= 11 is 0. The molecule has 0 radical (unpaired) electrons. The molecule has 0 bridgehead atoms. The standard InChI is InChI=1S/C11H17N5O/c1-3-8(7-17)14-10-11-13-4-5-16(11)6-9(12-2)15-10/h4-6,8,12,17H,3,7H2,1-2H3,(H,14,15). The summed E-state index contributed by atoms with van der Waals surface area (Å²) in [5.41, 5.74) is 0.760. The second-order valence-electron chi connectivity index (χ2n) is 3.81. The maximum absolute atomic E-state index is 9.20. The fourth-order valence-corrected chi connectivity index (χ4v) is 1.62. The van der Waals surface area contributed by atoms with Gasteiger partial charge in [0.2, 0.25) is 0 Å². The van der Waals surface area contributed by atoms with E-state index in [1.807, 2.05) is 30.8 Å². The number of aliphatic hydroxyl groups excluding tert-OH is 1. The molecule has 3 N–H and O–H groups in total. The highest BCUT2D eigenvalue weighted by molar-refractivity contribution is 5.65. The van der Waals surface area contributed by atoms with Crippen LogP contribution >= 0.6 is 0 Å². The fourth-order valence-electron chi connectivity index (χ4n) is 1.62. The number of imidazole rings is 1. The second-order valence-corrected chi connectivity index (χ2v) is 3.81. The molecule has 0 spiro atoms. The van der Waals surface area contributed by atoms with E-state index in [-0.39, 0.29) is 12.6 Å². The lowest BCUT2D eigenvalue weighted by atomic mass is 10.2. The van der Waals surface area contributed by atoms with Crippen molar-refractivity contribution in [2.24, 2.45) is 0 Å². The molecule has 0 aliphatic rings. The van der Waals surface area contributed by atoms with Crippen molar-refractivity contribution in [2.45, 2.75) is 19.4 Å². The van der Waals surface area contributed by atoms with Crippen LogP contribution in [0.5, 0.6) is 0 Å². The van der Waals surface area contributed by atoms with Crippen molar-refractivity contribution in [3.05, 3.63) is 18.6 Å². The zero-order valence-corrected chi connectivity index (χ0v) is 10.0. The van der Waals surface area contributed by atoms with Gasteiger partial charge in [-0.3, -0.25) is 0 Å². The van der Waals surface area contributed by atoms with E-state index >= 15 is 0 Å². The van der Waals surface area contributed by atoms with Crippen LogP contribution in [0.25, 0.3) is 5.65 Å². The van der Waals surface area contributed by atoms with Crippen LogP contribution in [0.3, 0.4) is 0 Å². The number of rotatable bonds is 5. The van der Waals surface area contributed by atoms with Gasteiger partial charge in [0.15, 0.2) is 11.5 Å². The summed E-state index contributed by atoms with van der Waals surface area (Å²) in [6.45, 7) is 2.09. The summed E-state index contributed by atoms with van der Waals surface area (Å²) in [6.07, 6.45) is 6.28. The predicted octanol–water partition coefficient (Wildman–Crippen LogP) is 0.954. The van der Waals surface area contributed by atoms with Crippen molar-refractivity contribution in [2.75, 3.05) is 24.3 Å². The van der Waals surface area contributed by atoms with Crippen molar-refractivity contribution in [3.63, 3.8) is 0 Å². The zero-order valence-electron chi connectivity index (χ0n) is 10.0. The molecule has 0 saturated heterocycles. The molecule has 6 heteroatoms. The third-order valence-corrected chi connectivity index (χ3v) is 2.68. The predicted molar refractivity (Wildman–Crippen MR) is 67.3 cm³/mol. The number of hydrogen-bond donors (Lipinski definition) is 3. The number of anilines is 2. The van der Waals surface area contributed by atoms with Gasteiger partial charge in [0.05, 0.1) is 18.8 Å². The summed E-state index contributed by atoms with van der Waals surface area (Å²) in [5, 5.41) is 15.4. The Labute approximate surface area is 99.7 Å². The molecule has 0 aromatic carbocycles. The summed E-state index contributed by atoms with van der Waals surface area (Å²) in [5.74, 6) is 1.44. The Morgan fingerprint density at radius 2 is 2.35 bits per heavy atom. The smallest absolute Gasteiger partial charge is 0.180 e. The van der Waals surface area contributed by atoms with Gasteiger partial charge in [0, 0.05) is 19.4 Å². The number of hydrogen-bond acceptors (Lipinski definition) is 5. The Morgan fingerprint density at radius 3 is 3.00 bits per heavy atom. The zero-order chi connectivity index (χ0) is 12.3. The molecule has 2 heterocycles. The topological polar surface area (TPSA) is 74.5 Å². The highest BCUT2D eigenvalue weighted by Gasteiger charge is 2.11. The molecular formula is C11H17N5O. The molecule has 92 valence electrons. The van der Waals surface area contributed by atoms with Crippen LogP contribution in [0.1, 0.15) is 13.3 Å². The van der Waals surface area contributed by atoms with Crippen LogP contribution in [0, 0.1) is 0 Å². The van der Waals surface area contributed by atoms with Gasteiger partial charge in [-0.2, -0.15) is 0 Å². The minimum atomic E-state index is -0.00453. The quantitative estimate of drug-likeness (QED) is 0.719. The molecule has 1 atom stereocenters. The SMILES string of the molecule is CCC(CO)Nc1nc(NC)cn2ccnc12. The maximum atomic E-state index is 9.20. The molecule has 0 amide bonds. The van der Waals surface area contributed by atoms with Gasteiger partial charge in [-0.05, 0) is 6.42 Å². The van der Waals surface area contributed by atoms with Gasteiger partial charge in [0.1, 0.15) is 5.82 Å². The molecular weight excluding hydrogens is 218 g/mol.